The van der Waals surface area contributed by atoms with E-state index in [4.69, 9.17) is 4.74 Å². The molecule has 0 fully saturated rings. The number of ether oxygens (including phenoxy) is 1. The topological polar surface area (TPSA) is 41.5 Å². The van der Waals surface area contributed by atoms with Crippen molar-refractivity contribution >= 4 is 19.6 Å². The van der Waals surface area contributed by atoms with E-state index in [2.05, 4.69) is 56.4 Å². The largest absolute Gasteiger partial charge is 0.508 e. The van der Waals surface area contributed by atoms with Crippen molar-refractivity contribution in [3.63, 3.8) is 0 Å². The third kappa shape index (κ3) is 5.10. The van der Waals surface area contributed by atoms with Gasteiger partial charge in [0.25, 0.3) is 0 Å². The monoisotopic (exact) mass is 407 g/mol. The van der Waals surface area contributed by atoms with Gasteiger partial charge < -0.3 is 15.2 Å². The summed E-state index contributed by atoms with van der Waals surface area (Å²) in [5.74, 6) is 1.11. The maximum Gasteiger partial charge on any atom is 0.119 e. The molecule has 0 aromatic heterocycles. The molecule has 3 aromatic rings. The Balaban J connectivity index is 1.91. The Bertz CT molecular complexity index is 958. The fourth-order valence-corrected chi connectivity index (χ4v) is 5.07. The standard InChI is InChI=1S/C25H30NO2P/c1-5-25(3,22-16-21(28-4)12-13-23(22)27)29-24-14-11-18(2)15-19(24)17-26-20-9-7-6-8-10-20/h6-16,26-27,29H,5,17H2,1-4H3. The molecule has 29 heavy (non-hydrogen) atoms. The number of phenolic OH excluding ortho intramolecular Hbond substituents is 1. The van der Waals surface area contributed by atoms with Crippen molar-refractivity contribution in [2.75, 3.05) is 12.4 Å². The van der Waals surface area contributed by atoms with Gasteiger partial charge in [-0.25, -0.2) is 0 Å². The van der Waals surface area contributed by atoms with Gasteiger partial charge in [-0.3, -0.25) is 0 Å². The number of hydrogen-bond donors (Lipinski definition) is 2. The van der Waals surface area contributed by atoms with E-state index >= 15 is 0 Å². The molecule has 2 N–H and O–H groups in total. The molecule has 0 aliphatic carbocycles. The van der Waals surface area contributed by atoms with Gasteiger partial charge in [0.2, 0.25) is 0 Å². The molecule has 3 rings (SSSR count). The van der Waals surface area contributed by atoms with Crippen LogP contribution in [0.25, 0.3) is 0 Å². The number of rotatable bonds is 8. The van der Waals surface area contributed by atoms with Crippen LogP contribution in [0.15, 0.2) is 66.7 Å². The Hall–Kier alpha value is -2.51. The third-order valence-electron chi connectivity index (χ3n) is 5.43. The molecular weight excluding hydrogens is 377 g/mol. The molecule has 152 valence electrons. The Labute approximate surface area is 175 Å². The number of hydrogen-bond acceptors (Lipinski definition) is 3. The smallest absolute Gasteiger partial charge is 0.119 e. The first-order valence-corrected chi connectivity index (χ1v) is 11.0. The maximum atomic E-state index is 10.6. The maximum absolute atomic E-state index is 10.6. The molecule has 0 radical (unpaired) electrons. The van der Waals surface area contributed by atoms with Gasteiger partial charge in [0.05, 0.1) is 7.11 Å². The number of nitrogens with one attached hydrogen (secondary N) is 1. The van der Waals surface area contributed by atoms with Crippen LogP contribution in [0.4, 0.5) is 5.69 Å². The van der Waals surface area contributed by atoms with Crippen molar-refractivity contribution in [3.8, 4) is 11.5 Å². The summed E-state index contributed by atoms with van der Waals surface area (Å²) in [6.07, 6.45) is 0.922. The van der Waals surface area contributed by atoms with E-state index in [0.29, 0.717) is 14.3 Å². The van der Waals surface area contributed by atoms with E-state index in [9.17, 15) is 5.11 Å². The van der Waals surface area contributed by atoms with Gasteiger partial charge >= 0.3 is 0 Å². The number of anilines is 1. The molecule has 0 saturated carbocycles. The summed E-state index contributed by atoms with van der Waals surface area (Å²) in [6.45, 7) is 7.32. The van der Waals surface area contributed by atoms with Crippen LogP contribution in [0.3, 0.4) is 0 Å². The zero-order chi connectivity index (χ0) is 20.9. The van der Waals surface area contributed by atoms with Crippen LogP contribution in [-0.2, 0) is 11.7 Å². The van der Waals surface area contributed by atoms with Crippen LogP contribution in [0.5, 0.6) is 11.5 Å². The van der Waals surface area contributed by atoms with Crippen LogP contribution in [0.2, 0.25) is 0 Å². The number of methoxy groups -OCH3 is 1. The molecule has 3 aromatic carbocycles. The van der Waals surface area contributed by atoms with Crippen LogP contribution in [0, 0.1) is 6.92 Å². The van der Waals surface area contributed by atoms with Crippen molar-refractivity contribution in [1.82, 2.24) is 0 Å². The predicted octanol–water partition coefficient (Wildman–Crippen LogP) is 5.95. The van der Waals surface area contributed by atoms with Crippen molar-refractivity contribution in [2.24, 2.45) is 0 Å². The van der Waals surface area contributed by atoms with E-state index in [0.717, 1.165) is 30.0 Å². The van der Waals surface area contributed by atoms with Crippen LogP contribution >= 0.6 is 8.58 Å². The van der Waals surface area contributed by atoms with Crippen molar-refractivity contribution in [1.29, 1.82) is 0 Å². The summed E-state index contributed by atoms with van der Waals surface area (Å²) in [5, 5.41) is 15.3. The second kappa shape index (κ2) is 9.33. The molecule has 0 spiro atoms. The number of aryl methyl sites for hydroxylation is 1. The Morgan fingerprint density at radius 3 is 2.48 bits per heavy atom. The fourth-order valence-electron chi connectivity index (χ4n) is 3.47. The molecule has 2 unspecified atom stereocenters. The van der Waals surface area contributed by atoms with Crippen molar-refractivity contribution in [2.45, 2.75) is 38.9 Å². The van der Waals surface area contributed by atoms with Crippen molar-refractivity contribution < 1.29 is 9.84 Å². The van der Waals surface area contributed by atoms with Gasteiger partial charge in [-0.2, -0.15) is 0 Å². The summed E-state index contributed by atoms with van der Waals surface area (Å²) < 4.78 is 5.41. The zero-order valence-corrected chi connectivity index (χ0v) is 18.6. The summed E-state index contributed by atoms with van der Waals surface area (Å²) in [5.41, 5.74) is 4.62. The second-order valence-corrected chi connectivity index (χ2v) is 9.47. The Kier molecular flexibility index (Phi) is 6.82. The van der Waals surface area contributed by atoms with Crippen LogP contribution in [-0.4, -0.2) is 12.2 Å². The highest BCUT2D eigenvalue weighted by Crippen LogP contribution is 2.48. The SMILES string of the molecule is CCC(C)(Pc1ccc(C)cc1CNc1ccccc1)c1cc(OC)ccc1O. The summed E-state index contributed by atoms with van der Waals surface area (Å²) in [6, 6.07) is 22.5. The highest BCUT2D eigenvalue weighted by atomic mass is 31.1. The van der Waals surface area contributed by atoms with Gasteiger partial charge in [0, 0.05) is 23.0 Å². The molecule has 0 aliphatic heterocycles. The minimum absolute atomic E-state index is 0.171. The Morgan fingerprint density at radius 2 is 1.79 bits per heavy atom. The van der Waals surface area contributed by atoms with E-state index < -0.39 is 0 Å². The van der Waals surface area contributed by atoms with E-state index in [-0.39, 0.29) is 5.16 Å². The average molecular weight is 407 g/mol. The lowest BCUT2D eigenvalue weighted by atomic mass is 9.96. The average Bonchev–Trinajstić information content (AvgIpc) is 2.75. The summed E-state index contributed by atoms with van der Waals surface area (Å²) >= 11 is 0. The number of para-hydroxylation sites is 1. The summed E-state index contributed by atoms with van der Waals surface area (Å²) in [7, 11) is 2.19. The van der Waals surface area contributed by atoms with E-state index in [1.165, 1.54) is 16.4 Å². The first-order valence-electron chi connectivity index (χ1n) is 9.99. The molecule has 0 heterocycles. The highest BCUT2D eigenvalue weighted by Gasteiger charge is 2.29. The second-order valence-electron chi connectivity index (χ2n) is 7.57. The Morgan fingerprint density at radius 1 is 1.03 bits per heavy atom. The normalized spacial score (nSPS) is 13.4. The molecule has 0 amide bonds. The van der Waals surface area contributed by atoms with Gasteiger partial charge in [-0.05, 0) is 54.5 Å². The van der Waals surface area contributed by atoms with Gasteiger partial charge in [-0.15, -0.1) is 0 Å². The molecule has 0 bridgehead atoms. The number of phenols is 1. The molecule has 2 atom stereocenters. The molecule has 0 aliphatic rings. The highest BCUT2D eigenvalue weighted by molar-refractivity contribution is 7.48. The first-order chi connectivity index (χ1) is 13.9. The lowest BCUT2D eigenvalue weighted by Gasteiger charge is -2.31. The molecule has 4 heteroatoms. The van der Waals surface area contributed by atoms with E-state index in [1.807, 2.05) is 24.3 Å². The lowest BCUT2D eigenvalue weighted by molar-refractivity contribution is 0.408. The predicted molar refractivity (Wildman–Crippen MR) is 125 cm³/mol. The van der Waals surface area contributed by atoms with Crippen LogP contribution in [0.1, 0.15) is 37.0 Å². The quantitative estimate of drug-likeness (QED) is 0.453. The summed E-state index contributed by atoms with van der Waals surface area (Å²) in [4.78, 5) is 0. The van der Waals surface area contributed by atoms with E-state index in [1.54, 1.807) is 19.2 Å². The fraction of sp³-hybridized carbons (Fsp3) is 0.280. The molecule has 0 saturated heterocycles. The van der Waals surface area contributed by atoms with Gasteiger partial charge in [-0.1, -0.05) is 64.4 Å². The minimum atomic E-state index is -0.171. The van der Waals surface area contributed by atoms with Crippen LogP contribution < -0.4 is 15.4 Å². The first kappa shape index (κ1) is 21.2. The number of aromatic hydroxyl groups is 1. The lowest BCUT2D eigenvalue weighted by Crippen LogP contribution is -2.21. The molecular formula is C25H30NO2P. The van der Waals surface area contributed by atoms with Gasteiger partial charge in [0.1, 0.15) is 11.5 Å². The van der Waals surface area contributed by atoms with Gasteiger partial charge in [0.15, 0.2) is 0 Å². The zero-order valence-electron chi connectivity index (χ0n) is 17.6. The third-order valence-corrected chi connectivity index (χ3v) is 7.37. The minimum Gasteiger partial charge on any atom is -0.508 e. The number of benzene rings is 3. The molecule has 3 nitrogen and oxygen atoms in total. The van der Waals surface area contributed by atoms with Crippen molar-refractivity contribution in [3.05, 3.63) is 83.4 Å².